The van der Waals surface area contributed by atoms with E-state index in [1.807, 2.05) is 13.0 Å². The fraction of sp³-hybridized carbons (Fsp3) is 0.600. The van der Waals surface area contributed by atoms with Crippen LogP contribution in [-0.2, 0) is 23.9 Å². The quantitative estimate of drug-likeness (QED) is 0.400. The number of hydrogen-bond donors (Lipinski definition) is 0. The maximum absolute atomic E-state index is 12.9. The minimum Gasteiger partial charge on any atom is -0.446 e. The van der Waals surface area contributed by atoms with Crippen LogP contribution in [0.5, 0.6) is 0 Å². The molecular weight excluding hydrogens is 380 g/mol. The lowest BCUT2D eigenvalue weighted by atomic mass is 9.47. The van der Waals surface area contributed by atoms with Gasteiger partial charge in [0.25, 0.3) is 0 Å². The molecule has 0 N–H and O–H groups in total. The van der Waals surface area contributed by atoms with Crippen LogP contribution in [0.15, 0.2) is 35.5 Å². The van der Waals surface area contributed by atoms with Crippen LogP contribution in [0.4, 0.5) is 0 Å². The van der Waals surface area contributed by atoms with Crippen LogP contribution in [0.25, 0.3) is 0 Å². The summed E-state index contributed by atoms with van der Waals surface area (Å²) < 4.78 is 5.79. The molecule has 30 heavy (non-hydrogen) atoms. The van der Waals surface area contributed by atoms with E-state index in [9.17, 15) is 19.2 Å². The predicted octanol–water partition coefficient (Wildman–Crippen LogP) is 3.92. The summed E-state index contributed by atoms with van der Waals surface area (Å²) in [4.78, 5) is 49.0. The molecule has 0 aromatic carbocycles. The van der Waals surface area contributed by atoms with Crippen molar-refractivity contribution in [1.82, 2.24) is 0 Å². The van der Waals surface area contributed by atoms with E-state index >= 15 is 0 Å². The average Bonchev–Trinajstić information content (AvgIpc) is 2.90. The number of rotatable bonds is 3. The topological polar surface area (TPSA) is 77.5 Å². The lowest BCUT2D eigenvalue weighted by molar-refractivity contribution is -0.179. The molecular formula is C25H30O5. The van der Waals surface area contributed by atoms with Crippen LogP contribution in [0.1, 0.15) is 59.8 Å². The first-order valence-corrected chi connectivity index (χ1v) is 10.8. The van der Waals surface area contributed by atoms with Crippen molar-refractivity contribution < 1.29 is 23.9 Å². The van der Waals surface area contributed by atoms with Gasteiger partial charge in [-0.1, -0.05) is 26.5 Å². The molecule has 5 heteroatoms. The molecule has 0 aromatic heterocycles. The normalized spacial score (nSPS) is 42.3. The first-order valence-electron chi connectivity index (χ1n) is 10.8. The molecule has 0 amide bonds. The van der Waals surface area contributed by atoms with Crippen molar-refractivity contribution in [2.45, 2.75) is 65.4 Å². The van der Waals surface area contributed by atoms with Gasteiger partial charge in [0.05, 0.1) is 0 Å². The Morgan fingerprint density at radius 1 is 1.20 bits per heavy atom. The summed E-state index contributed by atoms with van der Waals surface area (Å²) in [6.45, 7) is 11.2. The minimum atomic E-state index is -1.32. The number of allylic oxidation sites excluding steroid dienone is 4. The second-order valence-corrected chi connectivity index (χ2v) is 10.1. The minimum absolute atomic E-state index is 0.0398. The van der Waals surface area contributed by atoms with Gasteiger partial charge in [-0.25, -0.2) is 0 Å². The molecule has 4 aliphatic carbocycles. The fourth-order valence-corrected chi connectivity index (χ4v) is 7.37. The number of carbonyl (C=O) groups excluding carboxylic acids is 4. The van der Waals surface area contributed by atoms with Crippen molar-refractivity contribution in [2.75, 3.05) is 0 Å². The summed E-state index contributed by atoms with van der Waals surface area (Å²) in [5.74, 6) is -0.214. The van der Waals surface area contributed by atoms with Crippen LogP contribution >= 0.6 is 0 Å². The van der Waals surface area contributed by atoms with Gasteiger partial charge in [-0.05, 0) is 73.0 Å². The second kappa shape index (κ2) is 6.60. The average molecular weight is 411 g/mol. The molecule has 0 bridgehead atoms. The summed E-state index contributed by atoms with van der Waals surface area (Å²) in [5.41, 5.74) is -0.0133. The molecule has 6 atom stereocenters. The molecule has 160 valence electrons. The highest BCUT2D eigenvalue weighted by Crippen LogP contribution is 2.68. The lowest BCUT2D eigenvalue weighted by Crippen LogP contribution is -2.58. The monoisotopic (exact) mass is 410 g/mol. The Labute approximate surface area is 177 Å². The molecule has 0 heterocycles. The summed E-state index contributed by atoms with van der Waals surface area (Å²) in [7, 11) is 0. The zero-order valence-corrected chi connectivity index (χ0v) is 18.2. The van der Waals surface area contributed by atoms with Gasteiger partial charge in [0.2, 0.25) is 0 Å². The van der Waals surface area contributed by atoms with E-state index in [0.717, 1.165) is 31.1 Å². The standard InChI is InChI=1S/C25H30O5/c1-14-10-22-19-11-17(13-26)21-12-18(29)6-8-23(21,4)20(19)7-9-24(22,5)25(14,15(2)27)30-16(3)28/h11-13,19-20,22H,1,6-10H2,2-5H3/t19-,20+,22+,23-,24+,25+/m1/s1. The van der Waals surface area contributed by atoms with Crippen LogP contribution < -0.4 is 0 Å². The number of ether oxygens (including phenoxy) is 1. The van der Waals surface area contributed by atoms with Crippen LogP contribution in [0, 0.1) is 28.6 Å². The van der Waals surface area contributed by atoms with Gasteiger partial charge >= 0.3 is 5.97 Å². The van der Waals surface area contributed by atoms with Gasteiger partial charge in [0.15, 0.2) is 17.2 Å². The maximum atomic E-state index is 12.9. The highest BCUT2D eigenvalue weighted by atomic mass is 16.6. The fourth-order valence-electron chi connectivity index (χ4n) is 7.37. The molecule has 0 unspecified atom stereocenters. The summed E-state index contributed by atoms with van der Waals surface area (Å²) >= 11 is 0. The molecule has 0 saturated heterocycles. The van der Waals surface area contributed by atoms with Gasteiger partial charge < -0.3 is 4.74 Å². The summed E-state index contributed by atoms with van der Waals surface area (Å²) in [6, 6.07) is 0. The lowest BCUT2D eigenvalue weighted by Gasteiger charge is -2.57. The molecule has 5 nitrogen and oxygen atoms in total. The first kappa shape index (κ1) is 21.0. The third-order valence-corrected chi connectivity index (χ3v) is 8.72. The molecule has 2 saturated carbocycles. The second-order valence-electron chi connectivity index (χ2n) is 10.1. The smallest absolute Gasteiger partial charge is 0.303 e. The molecule has 0 spiro atoms. The zero-order chi connectivity index (χ0) is 22.1. The van der Waals surface area contributed by atoms with Gasteiger partial charge in [-0.2, -0.15) is 0 Å². The van der Waals surface area contributed by atoms with Crippen LogP contribution in [0.2, 0.25) is 0 Å². The number of esters is 1. The van der Waals surface area contributed by atoms with E-state index < -0.39 is 17.0 Å². The van der Waals surface area contributed by atoms with E-state index in [2.05, 4.69) is 13.5 Å². The van der Waals surface area contributed by atoms with Gasteiger partial charge in [0.1, 0.15) is 6.29 Å². The number of ketones is 2. The van der Waals surface area contributed by atoms with Crippen molar-refractivity contribution in [3.8, 4) is 0 Å². The van der Waals surface area contributed by atoms with E-state index in [4.69, 9.17) is 4.74 Å². The molecule has 4 aliphatic rings. The van der Waals surface area contributed by atoms with Crippen LogP contribution in [0.3, 0.4) is 0 Å². The van der Waals surface area contributed by atoms with E-state index in [1.54, 1.807) is 6.08 Å². The zero-order valence-electron chi connectivity index (χ0n) is 18.2. The van der Waals surface area contributed by atoms with Crippen molar-refractivity contribution >= 4 is 23.8 Å². The Morgan fingerprint density at radius 3 is 2.50 bits per heavy atom. The summed E-state index contributed by atoms with van der Waals surface area (Å²) in [5, 5.41) is 0. The number of carbonyl (C=O) groups is 4. The number of Topliss-reactive ketones (excluding diaryl/α,β-unsaturated/α-hetero) is 1. The van der Waals surface area contributed by atoms with Crippen molar-refractivity contribution in [1.29, 1.82) is 0 Å². The van der Waals surface area contributed by atoms with Gasteiger partial charge in [-0.15, -0.1) is 0 Å². The third kappa shape index (κ3) is 2.47. The Kier molecular flexibility index (Phi) is 4.61. The molecule has 0 aromatic rings. The SMILES string of the molecule is C=C1C[C@H]2[C@@H]3C=C(C=O)C4=CC(=O)CC[C@]4(C)[C@H]3CC[C@]2(C)[C@@]1(OC(C)=O)C(C)=O. The molecule has 4 rings (SSSR count). The van der Waals surface area contributed by atoms with E-state index in [1.165, 1.54) is 13.8 Å². The van der Waals surface area contributed by atoms with E-state index in [-0.39, 0.29) is 34.7 Å². The van der Waals surface area contributed by atoms with Crippen LogP contribution in [-0.4, -0.2) is 29.4 Å². The molecule has 0 radical (unpaired) electrons. The van der Waals surface area contributed by atoms with Gasteiger partial charge in [-0.3, -0.25) is 19.2 Å². The number of hydrogen-bond acceptors (Lipinski definition) is 5. The van der Waals surface area contributed by atoms with Crippen molar-refractivity contribution in [3.63, 3.8) is 0 Å². The molecule has 2 fully saturated rings. The first-order chi connectivity index (χ1) is 14.0. The Morgan fingerprint density at radius 2 is 1.90 bits per heavy atom. The highest BCUT2D eigenvalue weighted by molar-refractivity contribution is 5.96. The maximum Gasteiger partial charge on any atom is 0.303 e. The Balaban J connectivity index is 1.87. The highest BCUT2D eigenvalue weighted by Gasteiger charge is 2.69. The summed E-state index contributed by atoms with van der Waals surface area (Å²) in [6.07, 6.45) is 7.92. The Hall–Kier alpha value is -2.30. The molecule has 0 aliphatic heterocycles. The van der Waals surface area contributed by atoms with Crippen molar-refractivity contribution in [3.05, 3.63) is 35.5 Å². The largest absolute Gasteiger partial charge is 0.446 e. The van der Waals surface area contributed by atoms with E-state index in [0.29, 0.717) is 24.0 Å². The number of aldehydes is 1. The third-order valence-electron chi connectivity index (χ3n) is 8.72. The van der Waals surface area contributed by atoms with Crippen molar-refractivity contribution in [2.24, 2.45) is 28.6 Å². The van der Waals surface area contributed by atoms with Gasteiger partial charge in [0, 0.05) is 24.3 Å². The Bertz CT molecular complexity index is 939. The predicted molar refractivity (Wildman–Crippen MR) is 111 cm³/mol. The number of fused-ring (bicyclic) bond motifs is 5.